The van der Waals surface area contributed by atoms with Crippen LogP contribution >= 0.6 is 0 Å². The normalized spacial score (nSPS) is 14.5. The topological polar surface area (TPSA) is 93.5 Å². The van der Waals surface area contributed by atoms with Crippen molar-refractivity contribution in [3.8, 4) is 5.69 Å². The summed E-state index contributed by atoms with van der Waals surface area (Å²) in [5.74, 6) is -1.35. The summed E-state index contributed by atoms with van der Waals surface area (Å²) in [4.78, 5) is 40.9. The van der Waals surface area contributed by atoms with Crippen molar-refractivity contribution < 1.29 is 19.1 Å². The molecule has 0 radical (unpaired) electrons. The van der Waals surface area contributed by atoms with E-state index >= 15 is 0 Å². The summed E-state index contributed by atoms with van der Waals surface area (Å²) in [5.41, 5.74) is 5.31. The number of carbonyl (C=O) groups is 3. The summed E-state index contributed by atoms with van der Waals surface area (Å²) in [6.45, 7) is 3.48. The molecule has 2 heterocycles. The molecule has 1 unspecified atom stereocenters. The van der Waals surface area contributed by atoms with Crippen molar-refractivity contribution in [3.05, 3.63) is 113 Å². The number of ether oxygens (including phenoxy) is 1. The van der Waals surface area contributed by atoms with E-state index in [4.69, 9.17) is 4.74 Å². The lowest BCUT2D eigenvalue weighted by Crippen LogP contribution is -2.49. The number of hydrogen-bond donors (Lipinski definition) is 1. The van der Waals surface area contributed by atoms with Crippen molar-refractivity contribution in [2.75, 3.05) is 11.9 Å². The summed E-state index contributed by atoms with van der Waals surface area (Å²) in [6.07, 6.45) is 0.317. The van der Waals surface area contributed by atoms with Crippen molar-refractivity contribution in [1.29, 1.82) is 0 Å². The molecule has 1 N–H and O–H groups in total. The zero-order valence-corrected chi connectivity index (χ0v) is 21.3. The summed E-state index contributed by atoms with van der Waals surface area (Å²) >= 11 is 0. The summed E-state index contributed by atoms with van der Waals surface area (Å²) < 4.78 is 7.20. The number of aromatic nitrogens is 2. The largest absolute Gasteiger partial charge is 0.454 e. The van der Waals surface area contributed by atoms with Gasteiger partial charge >= 0.3 is 5.97 Å². The molecule has 3 aromatic carbocycles. The fourth-order valence-corrected chi connectivity index (χ4v) is 4.75. The molecule has 1 aromatic heterocycles. The van der Waals surface area contributed by atoms with Crippen molar-refractivity contribution in [2.45, 2.75) is 32.9 Å². The third kappa shape index (κ3) is 5.06. The van der Waals surface area contributed by atoms with Gasteiger partial charge in [0, 0.05) is 18.5 Å². The molecule has 0 saturated carbocycles. The van der Waals surface area contributed by atoms with Crippen LogP contribution in [-0.2, 0) is 27.3 Å². The molecule has 0 fully saturated rings. The van der Waals surface area contributed by atoms with Crippen LogP contribution in [0.4, 0.5) is 5.69 Å². The number of aryl methyl sites for hydroxylation is 1. The Morgan fingerprint density at radius 3 is 2.24 bits per heavy atom. The fourth-order valence-electron chi connectivity index (χ4n) is 4.75. The lowest BCUT2D eigenvalue weighted by molar-refractivity contribution is -0.152. The number of anilines is 1. The van der Waals surface area contributed by atoms with Crippen LogP contribution in [0.1, 0.15) is 32.9 Å². The zero-order valence-electron chi connectivity index (χ0n) is 21.3. The van der Waals surface area contributed by atoms with Gasteiger partial charge in [0.05, 0.1) is 22.8 Å². The van der Waals surface area contributed by atoms with Gasteiger partial charge in [0.15, 0.2) is 6.61 Å². The van der Waals surface area contributed by atoms with Gasteiger partial charge in [-0.05, 0) is 49.2 Å². The van der Waals surface area contributed by atoms with E-state index in [1.165, 1.54) is 4.90 Å². The summed E-state index contributed by atoms with van der Waals surface area (Å²) in [6, 6.07) is 25.3. The lowest BCUT2D eigenvalue weighted by atomic mass is 9.93. The molecule has 192 valence electrons. The molecule has 8 nitrogen and oxygen atoms in total. The fraction of sp³-hybridized carbons (Fsp3) is 0.200. The predicted octanol–water partition coefficient (Wildman–Crippen LogP) is 4.24. The maximum absolute atomic E-state index is 13.3. The molecule has 0 bridgehead atoms. The highest BCUT2D eigenvalue weighted by Crippen LogP contribution is 2.26. The maximum Gasteiger partial charge on any atom is 0.329 e. The number of carbonyl (C=O) groups excluding carboxylic acids is 3. The van der Waals surface area contributed by atoms with Crippen LogP contribution < -0.4 is 5.32 Å². The monoisotopic (exact) mass is 508 g/mol. The Bertz CT molecular complexity index is 1480. The molecule has 0 spiro atoms. The Morgan fingerprint density at radius 2 is 1.53 bits per heavy atom. The molecule has 1 aliphatic rings. The highest BCUT2D eigenvalue weighted by molar-refractivity contribution is 5.98. The molecule has 1 aliphatic heterocycles. The second kappa shape index (κ2) is 10.7. The van der Waals surface area contributed by atoms with Gasteiger partial charge in [-0.1, -0.05) is 60.7 Å². The van der Waals surface area contributed by atoms with E-state index in [1.54, 1.807) is 35.9 Å². The minimum absolute atomic E-state index is 0.258. The number of nitrogens with zero attached hydrogens (tertiary/aromatic N) is 3. The Hall–Kier alpha value is -4.72. The molecule has 38 heavy (non-hydrogen) atoms. The first-order valence-corrected chi connectivity index (χ1v) is 12.4. The van der Waals surface area contributed by atoms with Crippen LogP contribution in [0.15, 0.2) is 84.9 Å². The summed E-state index contributed by atoms with van der Waals surface area (Å²) in [7, 11) is 0. The molecule has 0 aliphatic carbocycles. The number of amides is 2. The molecule has 4 aromatic rings. The average Bonchev–Trinajstić information content (AvgIpc) is 3.24. The Morgan fingerprint density at radius 1 is 0.895 bits per heavy atom. The minimum atomic E-state index is -0.838. The van der Waals surface area contributed by atoms with Crippen molar-refractivity contribution in [2.24, 2.45) is 0 Å². The van der Waals surface area contributed by atoms with Gasteiger partial charge in [0.25, 0.3) is 11.8 Å². The molecule has 0 saturated heterocycles. The number of hydrogen-bond acceptors (Lipinski definition) is 5. The number of fused-ring (bicyclic) bond motifs is 1. The van der Waals surface area contributed by atoms with Crippen LogP contribution in [0.25, 0.3) is 5.69 Å². The average molecular weight is 509 g/mol. The molecule has 5 rings (SSSR count). The van der Waals surface area contributed by atoms with E-state index < -0.39 is 24.5 Å². The molecule has 8 heteroatoms. The van der Waals surface area contributed by atoms with E-state index in [2.05, 4.69) is 10.4 Å². The first kappa shape index (κ1) is 25.0. The van der Waals surface area contributed by atoms with E-state index in [0.717, 1.165) is 22.5 Å². The first-order valence-electron chi connectivity index (χ1n) is 12.4. The number of esters is 1. The van der Waals surface area contributed by atoms with Crippen LogP contribution in [0.5, 0.6) is 0 Å². The molecular formula is C30H28N4O4. The van der Waals surface area contributed by atoms with E-state index in [1.807, 2.05) is 67.6 Å². The van der Waals surface area contributed by atoms with Crippen molar-refractivity contribution >= 4 is 23.5 Å². The lowest BCUT2D eigenvalue weighted by Gasteiger charge is -2.35. The molecule has 1 atom stereocenters. The highest BCUT2D eigenvalue weighted by Gasteiger charge is 2.36. The number of benzene rings is 3. The van der Waals surface area contributed by atoms with Gasteiger partial charge in [-0.3, -0.25) is 9.59 Å². The predicted molar refractivity (Wildman–Crippen MR) is 143 cm³/mol. The Balaban J connectivity index is 1.29. The van der Waals surface area contributed by atoms with Gasteiger partial charge in [-0.25, -0.2) is 9.48 Å². The van der Waals surface area contributed by atoms with Crippen LogP contribution in [-0.4, -0.2) is 45.1 Å². The van der Waals surface area contributed by atoms with Crippen molar-refractivity contribution in [3.63, 3.8) is 0 Å². The van der Waals surface area contributed by atoms with E-state index in [9.17, 15) is 14.4 Å². The smallest absolute Gasteiger partial charge is 0.329 e. The SMILES string of the molecule is Cc1nn(-c2ccccc2)c(C)c1NC(=O)COC(=O)C1Cc2ccccc2CN1C(=O)c1ccccc1. The molecular weight excluding hydrogens is 480 g/mol. The van der Waals surface area contributed by atoms with Gasteiger partial charge in [-0.15, -0.1) is 0 Å². The third-order valence-corrected chi connectivity index (χ3v) is 6.70. The van der Waals surface area contributed by atoms with Crippen LogP contribution in [0.3, 0.4) is 0 Å². The van der Waals surface area contributed by atoms with Gasteiger partial charge < -0.3 is 15.0 Å². The van der Waals surface area contributed by atoms with Crippen LogP contribution in [0, 0.1) is 13.8 Å². The Labute approximate surface area is 220 Å². The summed E-state index contributed by atoms with van der Waals surface area (Å²) in [5, 5.41) is 7.35. The van der Waals surface area contributed by atoms with Gasteiger partial charge in [0.1, 0.15) is 6.04 Å². The van der Waals surface area contributed by atoms with Gasteiger partial charge in [0.2, 0.25) is 0 Å². The van der Waals surface area contributed by atoms with Crippen molar-refractivity contribution in [1.82, 2.24) is 14.7 Å². The first-order chi connectivity index (χ1) is 18.4. The quantitative estimate of drug-likeness (QED) is 0.393. The second-order valence-corrected chi connectivity index (χ2v) is 9.24. The Kier molecular flexibility index (Phi) is 7.04. The minimum Gasteiger partial charge on any atom is -0.454 e. The standard InChI is InChI=1S/C30H28N4O4/c1-20-28(21(2)34(32-20)25-15-7-4-8-16-25)31-27(35)19-38-30(37)26-17-23-13-9-10-14-24(23)18-33(26)29(36)22-11-5-3-6-12-22/h3-16,26H,17-19H2,1-2H3,(H,31,35). The van der Waals surface area contributed by atoms with Gasteiger partial charge in [-0.2, -0.15) is 5.10 Å². The highest BCUT2D eigenvalue weighted by atomic mass is 16.5. The maximum atomic E-state index is 13.3. The second-order valence-electron chi connectivity index (χ2n) is 9.24. The number of nitrogens with one attached hydrogen (secondary N) is 1. The molecule has 2 amide bonds. The zero-order chi connectivity index (χ0) is 26.6. The third-order valence-electron chi connectivity index (χ3n) is 6.70. The number of para-hydroxylation sites is 1. The van der Waals surface area contributed by atoms with E-state index in [-0.39, 0.29) is 12.5 Å². The van der Waals surface area contributed by atoms with E-state index in [0.29, 0.717) is 23.4 Å². The van der Waals surface area contributed by atoms with Crippen LogP contribution in [0.2, 0.25) is 0 Å². The number of rotatable bonds is 6.